The molecule has 0 aliphatic heterocycles. The van der Waals surface area contributed by atoms with Gasteiger partial charge in [0.1, 0.15) is 17.5 Å². The molecular formula is C19H16FN5O. The second-order valence-corrected chi connectivity index (χ2v) is 5.74. The molecule has 0 atom stereocenters. The number of rotatable bonds is 5. The molecule has 0 aliphatic rings. The Balaban J connectivity index is 1.71. The predicted octanol–water partition coefficient (Wildman–Crippen LogP) is 3.84. The van der Waals surface area contributed by atoms with Gasteiger partial charge in [-0.3, -0.25) is 5.10 Å². The minimum Gasteiger partial charge on any atom is -0.481 e. The van der Waals surface area contributed by atoms with E-state index in [2.05, 4.69) is 25.5 Å². The highest BCUT2D eigenvalue weighted by Crippen LogP contribution is 2.24. The molecular weight excluding hydrogens is 333 g/mol. The van der Waals surface area contributed by atoms with Crippen LogP contribution in [-0.2, 0) is 6.42 Å². The predicted molar refractivity (Wildman–Crippen MR) is 97.2 cm³/mol. The van der Waals surface area contributed by atoms with E-state index in [1.54, 1.807) is 31.5 Å². The average molecular weight is 349 g/mol. The SMILES string of the molecule is COc1cccc(Nc2cc3[nH]ncc3c(Cc3ccccc3F)n2)n1. The van der Waals surface area contributed by atoms with Gasteiger partial charge in [0.15, 0.2) is 0 Å². The standard InChI is InChI=1S/C19H16FN5O/c1-26-19-8-4-7-17(24-19)23-18-10-16-13(11-21-25-16)15(22-18)9-12-5-2-3-6-14(12)20/h2-8,10-11H,9H2,1H3,(H,21,25)(H,22,23,24). The molecule has 0 amide bonds. The third kappa shape index (κ3) is 3.19. The number of H-pyrrole nitrogens is 1. The number of methoxy groups -OCH3 is 1. The molecule has 1 aromatic carbocycles. The number of pyridine rings is 2. The first-order valence-electron chi connectivity index (χ1n) is 8.07. The Labute approximate surface area is 149 Å². The summed E-state index contributed by atoms with van der Waals surface area (Å²) in [6.45, 7) is 0. The molecule has 0 spiro atoms. The van der Waals surface area contributed by atoms with Crippen molar-refractivity contribution < 1.29 is 9.13 Å². The lowest BCUT2D eigenvalue weighted by Crippen LogP contribution is -2.02. The van der Waals surface area contributed by atoms with E-state index in [1.165, 1.54) is 6.07 Å². The third-order valence-electron chi connectivity index (χ3n) is 4.02. The van der Waals surface area contributed by atoms with Crippen molar-refractivity contribution in [3.05, 3.63) is 71.8 Å². The minimum absolute atomic E-state index is 0.251. The van der Waals surface area contributed by atoms with E-state index in [1.807, 2.05) is 24.3 Å². The molecule has 7 heteroatoms. The second-order valence-electron chi connectivity index (χ2n) is 5.74. The van der Waals surface area contributed by atoms with Gasteiger partial charge in [0, 0.05) is 23.9 Å². The Bertz CT molecular complexity index is 1060. The monoisotopic (exact) mass is 349 g/mol. The molecule has 130 valence electrons. The molecule has 2 N–H and O–H groups in total. The molecule has 0 saturated carbocycles. The molecule has 3 aromatic heterocycles. The fraction of sp³-hybridized carbons (Fsp3) is 0.105. The van der Waals surface area contributed by atoms with E-state index in [0.717, 1.165) is 16.6 Å². The lowest BCUT2D eigenvalue weighted by Gasteiger charge is -2.10. The number of ether oxygens (including phenoxy) is 1. The summed E-state index contributed by atoms with van der Waals surface area (Å²) in [6, 6.07) is 14.0. The minimum atomic E-state index is -0.251. The number of nitrogens with zero attached hydrogens (tertiary/aromatic N) is 3. The van der Waals surface area contributed by atoms with Crippen LogP contribution in [0.15, 0.2) is 54.7 Å². The van der Waals surface area contributed by atoms with Crippen molar-refractivity contribution in [3.8, 4) is 5.88 Å². The Morgan fingerprint density at radius 1 is 1.08 bits per heavy atom. The summed E-state index contributed by atoms with van der Waals surface area (Å²) in [7, 11) is 1.56. The topological polar surface area (TPSA) is 75.7 Å². The van der Waals surface area contributed by atoms with E-state index in [-0.39, 0.29) is 5.82 Å². The zero-order chi connectivity index (χ0) is 17.9. The fourth-order valence-electron chi connectivity index (χ4n) is 2.76. The van der Waals surface area contributed by atoms with Crippen LogP contribution in [-0.4, -0.2) is 27.3 Å². The molecule has 4 rings (SSSR count). The maximum absolute atomic E-state index is 14.0. The first kappa shape index (κ1) is 16.0. The molecule has 0 bridgehead atoms. The largest absolute Gasteiger partial charge is 0.481 e. The molecule has 26 heavy (non-hydrogen) atoms. The van der Waals surface area contributed by atoms with Gasteiger partial charge in [-0.05, 0) is 17.7 Å². The summed E-state index contributed by atoms with van der Waals surface area (Å²) in [5, 5.41) is 11.0. The quantitative estimate of drug-likeness (QED) is 0.573. The maximum atomic E-state index is 14.0. The molecule has 0 aliphatic carbocycles. The Morgan fingerprint density at radius 2 is 1.96 bits per heavy atom. The van der Waals surface area contributed by atoms with Crippen LogP contribution in [0.1, 0.15) is 11.3 Å². The summed E-state index contributed by atoms with van der Waals surface area (Å²) in [6.07, 6.45) is 2.07. The summed E-state index contributed by atoms with van der Waals surface area (Å²) < 4.78 is 19.2. The van der Waals surface area contributed by atoms with E-state index in [9.17, 15) is 4.39 Å². The lowest BCUT2D eigenvalue weighted by molar-refractivity contribution is 0.398. The van der Waals surface area contributed by atoms with Crippen molar-refractivity contribution in [2.24, 2.45) is 0 Å². The third-order valence-corrected chi connectivity index (χ3v) is 4.02. The van der Waals surface area contributed by atoms with Crippen molar-refractivity contribution in [1.82, 2.24) is 20.2 Å². The highest BCUT2D eigenvalue weighted by Gasteiger charge is 2.11. The Morgan fingerprint density at radius 3 is 2.81 bits per heavy atom. The van der Waals surface area contributed by atoms with Gasteiger partial charge in [0.2, 0.25) is 5.88 Å². The lowest BCUT2D eigenvalue weighted by atomic mass is 10.1. The zero-order valence-corrected chi connectivity index (χ0v) is 14.0. The van der Waals surface area contributed by atoms with Crippen LogP contribution in [0.3, 0.4) is 0 Å². The highest BCUT2D eigenvalue weighted by molar-refractivity contribution is 5.83. The van der Waals surface area contributed by atoms with Crippen LogP contribution in [0.2, 0.25) is 0 Å². The van der Waals surface area contributed by atoms with Gasteiger partial charge in [0.25, 0.3) is 0 Å². The van der Waals surface area contributed by atoms with Crippen molar-refractivity contribution in [1.29, 1.82) is 0 Å². The van der Waals surface area contributed by atoms with E-state index in [0.29, 0.717) is 29.5 Å². The smallest absolute Gasteiger partial charge is 0.214 e. The van der Waals surface area contributed by atoms with Gasteiger partial charge in [-0.25, -0.2) is 9.37 Å². The Hall–Kier alpha value is -3.48. The summed E-state index contributed by atoms with van der Waals surface area (Å²) in [5.74, 6) is 1.45. The molecule has 0 radical (unpaired) electrons. The van der Waals surface area contributed by atoms with Gasteiger partial charge >= 0.3 is 0 Å². The first-order chi connectivity index (χ1) is 12.7. The molecule has 6 nitrogen and oxygen atoms in total. The maximum Gasteiger partial charge on any atom is 0.214 e. The van der Waals surface area contributed by atoms with Gasteiger partial charge in [-0.1, -0.05) is 24.3 Å². The Kier molecular flexibility index (Phi) is 4.18. The summed E-state index contributed by atoms with van der Waals surface area (Å²) in [5.41, 5.74) is 2.13. The number of halogens is 1. The van der Waals surface area contributed by atoms with Crippen LogP contribution >= 0.6 is 0 Å². The number of aromatic nitrogens is 4. The fourth-order valence-corrected chi connectivity index (χ4v) is 2.76. The van der Waals surface area contributed by atoms with Gasteiger partial charge in [0.05, 0.1) is 24.5 Å². The van der Waals surface area contributed by atoms with Crippen LogP contribution in [0.4, 0.5) is 16.0 Å². The number of aromatic amines is 1. The van der Waals surface area contributed by atoms with Crippen molar-refractivity contribution in [2.75, 3.05) is 12.4 Å². The van der Waals surface area contributed by atoms with Crippen molar-refractivity contribution in [3.63, 3.8) is 0 Å². The van der Waals surface area contributed by atoms with Crippen molar-refractivity contribution in [2.45, 2.75) is 6.42 Å². The molecule has 0 saturated heterocycles. The van der Waals surface area contributed by atoms with E-state index >= 15 is 0 Å². The average Bonchev–Trinajstić information content (AvgIpc) is 3.12. The van der Waals surface area contributed by atoms with E-state index < -0.39 is 0 Å². The number of hydrogen-bond acceptors (Lipinski definition) is 5. The number of anilines is 2. The highest BCUT2D eigenvalue weighted by atomic mass is 19.1. The van der Waals surface area contributed by atoms with Crippen LogP contribution < -0.4 is 10.1 Å². The second kappa shape index (κ2) is 6.79. The first-order valence-corrected chi connectivity index (χ1v) is 8.07. The number of hydrogen-bond donors (Lipinski definition) is 2. The van der Waals surface area contributed by atoms with Crippen LogP contribution in [0.5, 0.6) is 5.88 Å². The zero-order valence-electron chi connectivity index (χ0n) is 14.0. The molecule has 4 aromatic rings. The number of benzene rings is 1. The molecule has 3 heterocycles. The van der Waals surface area contributed by atoms with Gasteiger partial charge in [-0.2, -0.15) is 10.1 Å². The number of fused-ring (bicyclic) bond motifs is 1. The normalized spacial score (nSPS) is 10.8. The summed E-state index contributed by atoms with van der Waals surface area (Å²) in [4.78, 5) is 8.96. The summed E-state index contributed by atoms with van der Waals surface area (Å²) >= 11 is 0. The van der Waals surface area contributed by atoms with Gasteiger partial charge < -0.3 is 10.1 Å². The number of nitrogens with one attached hydrogen (secondary N) is 2. The van der Waals surface area contributed by atoms with Gasteiger partial charge in [-0.15, -0.1) is 0 Å². The van der Waals surface area contributed by atoms with Crippen molar-refractivity contribution >= 4 is 22.5 Å². The van der Waals surface area contributed by atoms with Crippen LogP contribution in [0, 0.1) is 5.82 Å². The molecule has 0 unspecified atom stereocenters. The molecule has 0 fully saturated rings. The van der Waals surface area contributed by atoms with E-state index in [4.69, 9.17) is 4.74 Å². The van der Waals surface area contributed by atoms with Crippen LogP contribution in [0.25, 0.3) is 10.9 Å².